The van der Waals surface area contributed by atoms with E-state index in [0.717, 1.165) is 5.69 Å². The molecular weight excluding hydrogens is 531 g/mol. The second-order valence-corrected chi connectivity index (χ2v) is 12.2. The van der Waals surface area contributed by atoms with Crippen LogP contribution in [0.5, 0.6) is 0 Å². The summed E-state index contributed by atoms with van der Waals surface area (Å²) in [4.78, 5) is 43.3. The number of benzene rings is 2. The largest absolute Gasteiger partial charge is 0.365 e. The van der Waals surface area contributed by atoms with Gasteiger partial charge in [-0.05, 0) is 56.7 Å². The zero-order valence-corrected chi connectivity index (χ0v) is 22.9. The summed E-state index contributed by atoms with van der Waals surface area (Å²) in [6.45, 7) is 5.84. The van der Waals surface area contributed by atoms with Gasteiger partial charge in [-0.25, -0.2) is 4.39 Å². The molecule has 0 radical (unpaired) electrons. The molecular formula is C27H30ClFN4O4S. The number of likely N-dealkylation sites (tertiary alicyclic amines) is 1. The number of nitrogens with zero attached hydrogens (tertiary/aromatic N) is 3. The number of nitrogens with one attached hydrogen (secondary N) is 1. The zero-order valence-electron chi connectivity index (χ0n) is 21.3. The third-order valence-electron chi connectivity index (χ3n) is 7.92. The molecule has 3 aliphatic rings. The van der Waals surface area contributed by atoms with E-state index in [1.165, 1.54) is 18.2 Å². The van der Waals surface area contributed by atoms with Crippen molar-refractivity contribution in [3.8, 4) is 0 Å². The van der Waals surface area contributed by atoms with Gasteiger partial charge in [0, 0.05) is 55.9 Å². The van der Waals surface area contributed by atoms with Crippen molar-refractivity contribution in [1.82, 2.24) is 15.1 Å². The molecule has 2 aromatic rings. The average Bonchev–Trinajstić information content (AvgIpc) is 3.26. The minimum Gasteiger partial charge on any atom is -0.365 e. The number of anilines is 1. The van der Waals surface area contributed by atoms with Crippen molar-refractivity contribution < 1.29 is 23.0 Å². The van der Waals surface area contributed by atoms with E-state index in [4.69, 9.17) is 11.6 Å². The summed E-state index contributed by atoms with van der Waals surface area (Å²) in [5, 5.41) is 3.10. The number of amides is 3. The molecule has 3 fully saturated rings. The van der Waals surface area contributed by atoms with Crippen molar-refractivity contribution in [3.05, 3.63) is 58.9 Å². The minimum atomic E-state index is -1.67. The van der Waals surface area contributed by atoms with Crippen molar-refractivity contribution in [2.24, 2.45) is 0 Å². The second-order valence-electron chi connectivity index (χ2n) is 10.4. The van der Waals surface area contributed by atoms with Crippen molar-refractivity contribution in [2.45, 2.75) is 49.2 Å². The van der Waals surface area contributed by atoms with Gasteiger partial charge in [0.1, 0.15) is 11.6 Å². The highest BCUT2D eigenvalue weighted by Gasteiger charge is 2.49. The minimum absolute atomic E-state index is 0.000547. The van der Waals surface area contributed by atoms with Crippen LogP contribution in [0, 0.1) is 5.82 Å². The van der Waals surface area contributed by atoms with Crippen LogP contribution in [-0.4, -0.2) is 81.3 Å². The fraction of sp³-hybridized carbons (Fsp3) is 0.444. The standard InChI is InChI=1S/C27H30ClFN4O4S/c1-17-18(2)33(11-10-32(17)21-5-3-4-20(29)13-21)26(36)19-6-7-23(22(28)12-19)38(37)14-25(35)31-15-27(16-31)9-8-24(34)30-27/h3-7,12-13,17-18H,8-11,14-16H2,1-2H3,(H,30,34). The van der Waals surface area contributed by atoms with Crippen LogP contribution in [0.15, 0.2) is 47.4 Å². The molecule has 0 bridgehead atoms. The summed E-state index contributed by atoms with van der Waals surface area (Å²) in [7, 11) is -1.67. The molecule has 8 nitrogen and oxygen atoms in total. The Labute approximate surface area is 228 Å². The van der Waals surface area contributed by atoms with E-state index in [2.05, 4.69) is 10.2 Å². The van der Waals surface area contributed by atoms with Gasteiger partial charge in [-0.3, -0.25) is 18.6 Å². The predicted molar refractivity (Wildman–Crippen MR) is 143 cm³/mol. The molecule has 2 aromatic carbocycles. The molecule has 3 unspecified atom stereocenters. The molecule has 3 atom stereocenters. The molecule has 0 saturated carbocycles. The van der Waals surface area contributed by atoms with Gasteiger partial charge in [-0.2, -0.15) is 0 Å². The van der Waals surface area contributed by atoms with E-state index in [9.17, 15) is 23.0 Å². The van der Waals surface area contributed by atoms with Crippen LogP contribution in [0.4, 0.5) is 10.1 Å². The second kappa shape index (κ2) is 10.3. The van der Waals surface area contributed by atoms with E-state index in [0.29, 0.717) is 49.5 Å². The first-order valence-electron chi connectivity index (χ1n) is 12.7. The van der Waals surface area contributed by atoms with Crippen LogP contribution >= 0.6 is 11.6 Å². The highest BCUT2D eigenvalue weighted by atomic mass is 35.5. The van der Waals surface area contributed by atoms with Gasteiger partial charge in [0.25, 0.3) is 5.91 Å². The highest BCUT2D eigenvalue weighted by molar-refractivity contribution is 7.85. The maximum Gasteiger partial charge on any atom is 0.254 e. The number of carbonyl (C=O) groups excluding carboxylic acids is 3. The molecule has 202 valence electrons. The Balaban J connectivity index is 1.21. The van der Waals surface area contributed by atoms with Gasteiger partial charge in [-0.1, -0.05) is 17.7 Å². The van der Waals surface area contributed by atoms with Gasteiger partial charge in [0.15, 0.2) is 0 Å². The lowest BCUT2D eigenvalue weighted by atomic mass is 9.88. The number of carbonyl (C=O) groups is 3. The molecule has 3 amide bonds. The Hall–Kier alpha value is -2.98. The Bertz CT molecular complexity index is 1320. The van der Waals surface area contributed by atoms with Gasteiger partial charge in [0.2, 0.25) is 11.8 Å². The number of piperazine rings is 1. The summed E-state index contributed by atoms with van der Waals surface area (Å²) in [6, 6.07) is 10.9. The van der Waals surface area contributed by atoms with Gasteiger partial charge >= 0.3 is 0 Å². The smallest absolute Gasteiger partial charge is 0.254 e. The molecule has 0 aliphatic carbocycles. The number of hydrogen-bond acceptors (Lipinski definition) is 5. The Morgan fingerprint density at radius 1 is 1.13 bits per heavy atom. The third-order valence-corrected chi connectivity index (χ3v) is 9.70. The highest BCUT2D eigenvalue weighted by Crippen LogP contribution is 2.31. The van der Waals surface area contributed by atoms with Crippen molar-refractivity contribution in [2.75, 3.05) is 36.8 Å². The van der Waals surface area contributed by atoms with Crippen LogP contribution in [0.1, 0.15) is 37.0 Å². The summed E-state index contributed by atoms with van der Waals surface area (Å²) in [5.41, 5.74) is 0.829. The van der Waals surface area contributed by atoms with E-state index >= 15 is 0 Å². The first-order chi connectivity index (χ1) is 18.1. The lowest BCUT2D eigenvalue weighted by Gasteiger charge is -2.47. The molecule has 1 spiro atoms. The Morgan fingerprint density at radius 3 is 2.55 bits per heavy atom. The van der Waals surface area contributed by atoms with Crippen LogP contribution in [-0.2, 0) is 20.4 Å². The molecule has 5 rings (SSSR count). The van der Waals surface area contributed by atoms with E-state index in [1.54, 1.807) is 28.0 Å². The summed E-state index contributed by atoms with van der Waals surface area (Å²) in [6.07, 6.45) is 1.17. The summed E-state index contributed by atoms with van der Waals surface area (Å²) in [5.74, 6) is -0.966. The Morgan fingerprint density at radius 2 is 1.89 bits per heavy atom. The maximum absolute atomic E-state index is 13.7. The summed E-state index contributed by atoms with van der Waals surface area (Å²) >= 11 is 6.44. The lowest BCUT2D eigenvalue weighted by Crippen LogP contribution is -2.68. The van der Waals surface area contributed by atoms with Crippen molar-refractivity contribution in [1.29, 1.82) is 0 Å². The van der Waals surface area contributed by atoms with E-state index < -0.39 is 10.8 Å². The van der Waals surface area contributed by atoms with Gasteiger partial charge in [0.05, 0.1) is 26.3 Å². The molecule has 38 heavy (non-hydrogen) atoms. The van der Waals surface area contributed by atoms with Crippen LogP contribution < -0.4 is 10.2 Å². The first-order valence-corrected chi connectivity index (χ1v) is 14.4. The molecule has 3 saturated heterocycles. The molecule has 3 aliphatic heterocycles. The van der Waals surface area contributed by atoms with Crippen molar-refractivity contribution in [3.63, 3.8) is 0 Å². The quantitative estimate of drug-likeness (QED) is 0.607. The van der Waals surface area contributed by atoms with Crippen LogP contribution in [0.25, 0.3) is 0 Å². The molecule has 3 heterocycles. The lowest BCUT2D eigenvalue weighted by molar-refractivity contribution is -0.137. The molecule has 0 aromatic heterocycles. The van der Waals surface area contributed by atoms with E-state index in [-0.39, 0.29) is 51.9 Å². The Kier molecular flexibility index (Phi) is 7.21. The number of halogens is 2. The maximum atomic E-state index is 13.7. The predicted octanol–water partition coefficient (Wildman–Crippen LogP) is 2.82. The van der Waals surface area contributed by atoms with Crippen molar-refractivity contribution >= 4 is 45.8 Å². The van der Waals surface area contributed by atoms with Crippen LogP contribution in [0.2, 0.25) is 5.02 Å². The molecule has 11 heteroatoms. The number of rotatable bonds is 5. The van der Waals surface area contributed by atoms with Crippen LogP contribution in [0.3, 0.4) is 0 Å². The fourth-order valence-electron chi connectivity index (χ4n) is 5.59. The normalized spacial score (nSPS) is 23.3. The average molecular weight is 561 g/mol. The monoisotopic (exact) mass is 560 g/mol. The van der Waals surface area contributed by atoms with Gasteiger partial charge in [-0.15, -0.1) is 0 Å². The summed E-state index contributed by atoms with van der Waals surface area (Å²) < 4.78 is 26.7. The SMILES string of the molecule is CC1C(C)N(c2cccc(F)c2)CCN1C(=O)c1ccc(S(=O)CC(=O)N2CC3(CCC(=O)N3)C2)c(Cl)c1. The van der Waals surface area contributed by atoms with Gasteiger partial charge < -0.3 is 20.0 Å². The topological polar surface area (TPSA) is 90.0 Å². The molecule has 1 N–H and O–H groups in total. The zero-order chi connectivity index (χ0) is 27.2. The number of hydrogen-bond donors (Lipinski definition) is 1. The third kappa shape index (κ3) is 5.03. The van der Waals surface area contributed by atoms with E-state index in [1.807, 2.05) is 19.9 Å². The fourth-order valence-corrected chi connectivity index (χ4v) is 7.08. The first kappa shape index (κ1) is 26.6.